The van der Waals surface area contributed by atoms with Crippen molar-refractivity contribution in [2.45, 2.75) is 19.8 Å². The summed E-state index contributed by atoms with van der Waals surface area (Å²) >= 11 is 1.46. The van der Waals surface area contributed by atoms with Gasteiger partial charge in [0.25, 0.3) is 0 Å². The van der Waals surface area contributed by atoms with Gasteiger partial charge in [0.05, 0.1) is 0 Å². The summed E-state index contributed by atoms with van der Waals surface area (Å²) in [6.07, 6.45) is 14.2. The molecule has 2 aromatic carbocycles. The van der Waals surface area contributed by atoms with Crippen LogP contribution in [0.5, 0.6) is 0 Å². The zero-order valence-electron chi connectivity index (χ0n) is 15.3. The molecule has 0 bridgehead atoms. The predicted octanol–water partition coefficient (Wildman–Crippen LogP) is -0.238. The van der Waals surface area contributed by atoms with Crippen LogP contribution in [0.1, 0.15) is 30.9 Å². The molecule has 136 valence electrons. The van der Waals surface area contributed by atoms with Crippen molar-refractivity contribution in [2.75, 3.05) is 0 Å². The van der Waals surface area contributed by atoms with Gasteiger partial charge in [-0.2, -0.15) is 11.6 Å². The van der Waals surface area contributed by atoms with E-state index < -0.39 is 0 Å². The van der Waals surface area contributed by atoms with Crippen molar-refractivity contribution < 1.29 is 49.0 Å². The third-order valence-corrected chi connectivity index (χ3v) is 5.74. The van der Waals surface area contributed by atoms with E-state index in [1.165, 1.54) is 55.3 Å². The van der Waals surface area contributed by atoms with Gasteiger partial charge >= 0.3 is 99.2 Å². The minimum atomic E-state index is 0. The number of hydrogen-bond acceptors (Lipinski definition) is 0. The fourth-order valence-electron chi connectivity index (χ4n) is 2.95. The van der Waals surface area contributed by atoms with E-state index in [0.29, 0.717) is 0 Å². The first-order chi connectivity index (χ1) is 12.3. The van der Waals surface area contributed by atoms with E-state index in [0.717, 1.165) is 12.8 Å². The second-order valence-corrected chi connectivity index (χ2v) is 7.28. The molecule has 0 nitrogen and oxygen atoms in total. The second-order valence-electron chi connectivity index (χ2n) is 6.05. The Bertz CT molecular complexity index is 818. The Morgan fingerprint density at radius 2 is 1.44 bits per heavy atom. The molecule has 2 aliphatic rings. The molecule has 0 atom stereocenters. The van der Waals surface area contributed by atoms with Crippen LogP contribution >= 0.6 is 0 Å². The van der Waals surface area contributed by atoms with E-state index in [-0.39, 0.29) is 24.8 Å². The van der Waals surface area contributed by atoms with Gasteiger partial charge in [0, 0.05) is 0 Å². The van der Waals surface area contributed by atoms with Gasteiger partial charge in [-0.1, -0.05) is 25.2 Å². The molecule has 3 heteroatoms. The molecule has 0 heterocycles. The zero-order valence-corrected chi connectivity index (χ0v) is 19.2. The van der Waals surface area contributed by atoms with Gasteiger partial charge in [-0.15, -0.1) is 12.0 Å². The first kappa shape index (κ1) is 23.8. The number of benzene rings is 2. The van der Waals surface area contributed by atoms with Crippen LogP contribution in [0.3, 0.4) is 0 Å². The summed E-state index contributed by atoms with van der Waals surface area (Å²) in [4.78, 5) is 0. The Morgan fingerprint density at radius 3 is 1.85 bits per heavy atom. The van der Waals surface area contributed by atoms with Gasteiger partial charge in [0.1, 0.15) is 0 Å². The average Bonchev–Trinajstić information content (AvgIpc) is 3.34. The molecule has 0 radical (unpaired) electrons. The fraction of sp³-hybridized carbons (Fsp3) is 0.125. The van der Waals surface area contributed by atoms with Crippen molar-refractivity contribution >= 4 is 3.21 Å². The van der Waals surface area contributed by atoms with Gasteiger partial charge < -0.3 is 24.8 Å². The van der Waals surface area contributed by atoms with E-state index >= 15 is 0 Å². The molecule has 0 N–H and O–H groups in total. The molecule has 0 unspecified atom stereocenters. The molecule has 0 saturated heterocycles. The van der Waals surface area contributed by atoms with Gasteiger partial charge in [-0.25, -0.2) is 5.57 Å². The normalized spacial score (nSPS) is 14.0. The Labute approximate surface area is 189 Å². The van der Waals surface area contributed by atoms with E-state index in [2.05, 4.69) is 98.0 Å². The summed E-state index contributed by atoms with van der Waals surface area (Å²) in [6, 6.07) is 21.1. The van der Waals surface area contributed by atoms with Crippen LogP contribution < -0.4 is 24.8 Å². The second kappa shape index (κ2) is 12.2. The Hall–Kier alpha value is -1.27. The molecule has 0 amide bonds. The summed E-state index contributed by atoms with van der Waals surface area (Å²) in [5, 5.41) is 0. The number of hydrogen-bond donors (Lipinski definition) is 0. The topological polar surface area (TPSA) is 0 Å². The Morgan fingerprint density at radius 1 is 0.889 bits per heavy atom. The number of rotatable bonds is 3. The standard InChI is InChI=1S/C13H10.C11H11.2ClH.Zr/c1-3-7-12(8-4-1)11-13-9-5-2-6-10-13;1-9-5-4-8-11(9)10-6-2-3-7-10;;;/h1-10H;2-3,6,8H,4,7H2,1H3;2*1H;/q;-1;;;+2/p-2. The molecule has 27 heavy (non-hydrogen) atoms. The molecule has 0 fully saturated rings. The van der Waals surface area contributed by atoms with Crippen molar-refractivity contribution in [3.63, 3.8) is 0 Å². The summed E-state index contributed by atoms with van der Waals surface area (Å²) < 4.78 is 1.42. The van der Waals surface area contributed by atoms with E-state index in [1.54, 1.807) is 0 Å². The number of allylic oxidation sites excluding steroid dienone is 8. The summed E-state index contributed by atoms with van der Waals surface area (Å²) in [7, 11) is 0. The maximum atomic E-state index is 3.30. The van der Waals surface area contributed by atoms with Crippen molar-refractivity contribution in [2.24, 2.45) is 0 Å². The molecule has 0 aliphatic heterocycles. The minimum absolute atomic E-state index is 0. The predicted molar refractivity (Wildman–Crippen MR) is 103 cm³/mol. The maximum absolute atomic E-state index is 3.30. The molecular formula is C24H21Cl2Zr-. The molecular weight excluding hydrogens is 450 g/mol. The van der Waals surface area contributed by atoms with Crippen LogP contribution in [0.15, 0.2) is 102 Å². The van der Waals surface area contributed by atoms with Crippen LogP contribution in [0.4, 0.5) is 0 Å². The van der Waals surface area contributed by atoms with E-state index in [4.69, 9.17) is 0 Å². The quantitative estimate of drug-likeness (QED) is 0.543. The van der Waals surface area contributed by atoms with Crippen molar-refractivity contribution in [1.29, 1.82) is 0 Å². The molecule has 4 rings (SSSR count). The van der Waals surface area contributed by atoms with Crippen molar-refractivity contribution in [3.05, 3.63) is 119 Å². The van der Waals surface area contributed by atoms with Crippen molar-refractivity contribution in [1.82, 2.24) is 0 Å². The molecule has 0 saturated carbocycles. The zero-order chi connectivity index (χ0) is 17.5. The fourth-order valence-corrected chi connectivity index (χ4v) is 3.77. The van der Waals surface area contributed by atoms with Crippen LogP contribution in [0, 0.1) is 6.08 Å². The van der Waals surface area contributed by atoms with Gasteiger partial charge in [0.2, 0.25) is 0 Å². The SMILES string of the molecule is CC1=[C-]CC=C1C1=CC=CC1.[Cl-].[Cl-].[Zr+2]=[C](c1ccccc1)c1ccccc1. The van der Waals surface area contributed by atoms with E-state index in [9.17, 15) is 0 Å². The summed E-state index contributed by atoms with van der Waals surface area (Å²) in [6.45, 7) is 2.14. The van der Waals surface area contributed by atoms with Gasteiger partial charge in [0.15, 0.2) is 0 Å². The Kier molecular flexibility index (Phi) is 10.8. The van der Waals surface area contributed by atoms with Gasteiger partial charge in [-0.05, 0) is 6.42 Å². The van der Waals surface area contributed by atoms with Crippen LogP contribution in [0.2, 0.25) is 0 Å². The Balaban J connectivity index is 0.000000257. The summed E-state index contributed by atoms with van der Waals surface area (Å²) in [5.74, 6) is 0. The van der Waals surface area contributed by atoms with Crippen LogP contribution in [0.25, 0.3) is 0 Å². The third-order valence-electron chi connectivity index (χ3n) is 4.32. The van der Waals surface area contributed by atoms with Gasteiger partial charge in [-0.3, -0.25) is 6.08 Å². The third kappa shape index (κ3) is 6.68. The monoisotopic (exact) mass is 469 g/mol. The van der Waals surface area contributed by atoms with Crippen LogP contribution in [-0.2, 0) is 24.2 Å². The van der Waals surface area contributed by atoms with Crippen molar-refractivity contribution in [3.8, 4) is 0 Å². The van der Waals surface area contributed by atoms with E-state index in [1.807, 2.05) is 0 Å². The first-order valence-corrected chi connectivity index (χ1v) is 9.82. The average molecular weight is 472 g/mol. The first-order valence-electron chi connectivity index (χ1n) is 8.59. The number of halogens is 2. The molecule has 0 aromatic heterocycles. The molecule has 2 aromatic rings. The summed E-state index contributed by atoms with van der Waals surface area (Å²) in [5.41, 5.74) is 6.84. The molecule has 0 spiro atoms. The molecule has 2 aliphatic carbocycles. The van der Waals surface area contributed by atoms with Crippen LogP contribution in [-0.4, -0.2) is 3.21 Å².